The van der Waals surface area contributed by atoms with Crippen LogP contribution in [0.4, 0.5) is 5.69 Å². The molecule has 176 valence electrons. The van der Waals surface area contributed by atoms with E-state index in [0.29, 0.717) is 0 Å². The van der Waals surface area contributed by atoms with Gasteiger partial charge in [-0.2, -0.15) is 0 Å². The molecule has 1 aromatic rings. The van der Waals surface area contributed by atoms with Crippen LogP contribution >= 0.6 is 22.6 Å². The Kier molecular flexibility index (Phi) is 12.7. The fraction of sp³-hybridized carbons (Fsp3) is 0.759. The highest BCUT2D eigenvalue weighted by molar-refractivity contribution is 14.1. The lowest BCUT2D eigenvalue weighted by Gasteiger charge is -2.24. The number of hydrogen-bond donors (Lipinski definition) is 0. The molecule has 0 amide bonds. The zero-order valence-electron chi connectivity index (χ0n) is 21.0. The third-order valence-electron chi connectivity index (χ3n) is 7.33. The molecule has 1 aliphatic rings. The molecule has 0 fully saturated rings. The number of hydrogen-bond acceptors (Lipinski definition) is 1. The van der Waals surface area contributed by atoms with Gasteiger partial charge in [-0.05, 0) is 65.6 Å². The quantitative estimate of drug-likeness (QED) is 0.138. The first-order valence-corrected chi connectivity index (χ1v) is 14.4. The Hall–Kier alpha value is -0.380. The largest absolute Gasteiger partial charge is 0.257 e. The summed E-state index contributed by atoms with van der Waals surface area (Å²) < 4.78 is 1.43. The van der Waals surface area contributed by atoms with Crippen molar-refractivity contribution in [2.45, 2.75) is 142 Å². The van der Waals surface area contributed by atoms with Crippen LogP contribution in [0.1, 0.15) is 142 Å². The Morgan fingerprint density at radius 2 is 1.16 bits per heavy atom. The summed E-state index contributed by atoms with van der Waals surface area (Å²) in [5, 5.41) is 0. The first-order chi connectivity index (χ1) is 15.0. The molecule has 1 aliphatic heterocycles. The van der Waals surface area contributed by atoms with Gasteiger partial charge in [0.2, 0.25) is 0 Å². The van der Waals surface area contributed by atoms with Gasteiger partial charge >= 0.3 is 0 Å². The smallest absolute Gasteiger partial charge is 0.0674 e. The van der Waals surface area contributed by atoms with E-state index in [0.717, 1.165) is 0 Å². The SMILES string of the molecule is CCCCCCCCCCCCCCCCCCc1c(I)ccc2c1C(C)(C)C(C)=N2. The van der Waals surface area contributed by atoms with Crippen LogP contribution in [0.3, 0.4) is 0 Å². The van der Waals surface area contributed by atoms with Crippen LogP contribution in [0.5, 0.6) is 0 Å². The predicted molar refractivity (Wildman–Crippen MR) is 148 cm³/mol. The van der Waals surface area contributed by atoms with Crippen molar-refractivity contribution in [3.63, 3.8) is 0 Å². The molecule has 1 nitrogen and oxygen atoms in total. The summed E-state index contributed by atoms with van der Waals surface area (Å²) in [5.74, 6) is 0. The maximum Gasteiger partial charge on any atom is 0.0674 e. The number of halogens is 1. The Morgan fingerprint density at radius 3 is 1.65 bits per heavy atom. The lowest BCUT2D eigenvalue weighted by atomic mass is 9.79. The van der Waals surface area contributed by atoms with Crippen LogP contribution < -0.4 is 0 Å². The first kappa shape index (κ1) is 26.9. The first-order valence-electron chi connectivity index (χ1n) is 13.4. The second-order valence-electron chi connectivity index (χ2n) is 10.3. The molecule has 0 saturated carbocycles. The predicted octanol–water partition coefficient (Wildman–Crippen LogP) is 10.5. The minimum atomic E-state index is 0.0981. The van der Waals surface area contributed by atoms with E-state index in [1.807, 2.05) is 0 Å². The molecule has 2 heteroatoms. The molecular formula is C29H48IN. The van der Waals surface area contributed by atoms with Crippen molar-refractivity contribution in [3.05, 3.63) is 26.8 Å². The minimum Gasteiger partial charge on any atom is -0.257 e. The van der Waals surface area contributed by atoms with Crippen molar-refractivity contribution >= 4 is 34.0 Å². The van der Waals surface area contributed by atoms with E-state index in [-0.39, 0.29) is 5.41 Å². The lowest BCUT2D eigenvalue weighted by Crippen LogP contribution is -2.24. The Labute approximate surface area is 207 Å². The van der Waals surface area contributed by atoms with Crippen molar-refractivity contribution in [3.8, 4) is 0 Å². The molecule has 0 radical (unpaired) electrons. The van der Waals surface area contributed by atoms with E-state index in [1.165, 1.54) is 130 Å². The van der Waals surface area contributed by atoms with Gasteiger partial charge in [0.05, 0.1) is 5.69 Å². The molecule has 0 N–H and O–H groups in total. The summed E-state index contributed by atoms with van der Waals surface area (Å²) in [6, 6.07) is 4.48. The van der Waals surface area contributed by atoms with Gasteiger partial charge in [-0.25, -0.2) is 0 Å². The number of nitrogens with zero attached hydrogens (tertiary/aromatic N) is 1. The van der Waals surface area contributed by atoms with Gasteiger partial charge in [-0.15, -0.1) is 0 Å². The number of fused-ring (bicyclic) bond motifs is 1. The molecule has 1 aromatic carbocycles. The van der Waals surface area contributed by atoms with Crippen LogP contribution in [0.25, 0.3) is 0 Å². The van der Waals surface area contributed by atoms with E-state index in [9.17, 15) is 0 Å². The van der Waals surface area contributed by atoms with Crippen molar-refractivity contribution in [1.82, 2.24) is 0 Å². The maximum atomic E-state index is 4.84. The topological polar surface area (TPSA) is 12.4 Å². The fourth-order valence-electron chi connectivity index (χ4n) is 5.00. The van der Waals surface area contributed by atoms with E-state index in [2.05, 4.69) is 62.4 Å². The van der Waals surface area contributed by atoms with Crippen LogP contribution in [-0.4, -0.2) is 5.71 Å². The van der Waals surface area contributed by atoms with Gasteiger partial charge < -0.3 is 0 Å². The molecule has 2 rings (SSSR count). The lowest BCUT2D eigenvalue weighted by molar-refractivity contribution is 0.529. The number of aliphatic imine (C=N–C) groups is 1. The highest BCUT2D eigenvalue weighted by Gasteiger charge is 2.34. The van der Waals surface area contributed by atoms with Gasteiger partial charge in [-0.1, -0.05) is 117 Å². The van der Waals surface area contributed by atoms with Crippen LogP contribution in [0.15, 0.2) is 17.1 Å². The Morgan fingerprint density at radius 1 is 0.710 bits per heavy atom. The molecule has 1 heterocycles. The van der Waals surface area contributed by atoms with Crippen LogP contribution in [0.2, 0.25) is 0 Å². The summed E-state index contributed by atoms with van der Waals surface area (Å²) in [7, 11) is 0. The highest BCUT2D eigenvalue weighted by atomic mass is 127. The monoisotopic (exact) mass is 537 g/mol. The van der Waals surface area contributed by atoms with Crippen LogP contribution in [0, 0.1) is 3.57 Å². The third kappa shape index (κ3) is 8.82. The summed E-state index contributed by atoms with van der Waals surface area (Å²) in [6.45, 7) is 9.16. The standard InChI is InChI=1S/C29H48IN/c1-5-6-7-8-9-10-11-12-13-14-15-16-17-18-19-20-21-25-26(30)22-23-27-28(25)29(3,4)24(2)31-27/h22-23H,5-21H2,1-4H3. The molecule has 0 aliphatic carbocycles. The van der Waals surface area contributed by atoms with Crippen LogP contribution in [-0.2, 0) is 11.8 Å². The van der Waals surface area contributed by atoms with Gasteiger partial charge in [-0.3, -0.25) is 4.99 Å². The molecule has 0 aromatic heterocycles. The summed E-state index contributed by atoms with van der Waals surface area (Å²) in [6.07, 6.45) is 24.1. The summed E-state index contributed by atoms with van der Waals surface area (Å²) >= 11 is 2.53. The second kappa shape index (κ2) is 14.7. The molecule has 0 atom stereocenters. The van der Waals surface area contributed by atoms with Crippen molar-refractivity contribution in [2.75, 3.05) is 0 Å². The molecular weight excluding hydrogens is 489 g/mol. The Balaban J connectivity index is 1.49. The van der Waals surface area contributed by atoms with E-state index in [1.54, 1.807) is 5.56 Å². The normalized spacial score (nSPS) is 14.7. The number of benzene rings is 1. The van der Waals surface area contributed by atoms with E-state index < -0.39 is 0 Å². The van der Waals surface area contributed by atoms with E-state index in [4.69, 9.17) is 4.99 Å². The molecule has 0 unspecified atom stereocenters. The second-order valence-corrected chi connectivity index (χ2v) is 11.5. The van der Waals surface area contributed by atoms with Gasteiger partial charge in [0.15, 0.2) is 0 Å². The number of rotatable bonds is 17. The van der Waals surface area contributed by atoms with Crippen molar-refractivity contribution in [1.29, 1.82) is 0 Å². The number of unbranched alkanes of at least 4 members (excludes halogenated alkanes) is 15. The average Bonchev–Trinajstić information content (AvgIpc) is 2.98. The average molecular weight is 538 g/mol. The molecule has 0 bridgehead atoms. The third-order valence-corrected chi connectivity index (χ3v) is 8.34. The maximum absolute atomic E-state index is 4.84. The minimum absolute atomic E-state index is 0.0981. The zero-order chi connectivity index (χ0) is 22.5. The van der Waals surface area contributed by atoms with Gasteiger partial charge in [0.25, 0.3) is 0 Å². The molecule has 0 saturated heterocycles. The van der Waals surface area contributed by atoms with E-state index >= 15 is 0 Å². The summed E-state index contributed by atoms with van der Waals surface area (Å²) in [5.41, 5.74) is 5.64. The van der Waals surface area contributed by atoms with Gasteiger partial charge in [0.1, 0.15) is 0 Å². The van der Waals surface area contributed by atoms with Gasteiger partial charge in [0, 0.05) is 14.7 Å². The van der Waals surface area contributed by atoms with Crippen molar-refractivity contribution in [2.24, 2.45) is 4.99 Å². The van der Waals surface area contributed by atoms with Crippen molar-refractivity contribution < 1.29 is 0 Å². The summed E-state index contributed by atoms with van der Waals surface area (Å²) in [4.78, 5) is 4.84. The highest BCUT2D eigenvalue weighted by Crippen LogP contribution is 2.43. The zero-order valence-corrected chi connectivity index (χ0v) is 23.2. The fourth-order valence-corrected chi connectivity index (χ4v) is 5.72. The Bertz CT molecular complexity index is 674. The molecule has 31 heavy (non-hydrogen) atoms. The molecule has 0 spiro atoms.